The zero-order valence-corrected chi connectivity index (χ0v) is 8.82. The summed E-state index contributed by atoms with van der Waals surface area (Å²) in [7, 11) is 0. The molecule has 82 valence electrons. The zero-order valence-electron chi connectivity index (χ0n) is 9.23. The van der Waals surface area contributed by atoms with Gasteiger partial charge in [0.1, 0.15) is 0 Å². The van der Waals surface area contributed by atoms with Crippen molar-refractivity contribution in [2.24, 2.45) is 0 Å². The van der Waals surface area contributed by atoms with E-state index in [2.05, 4.69) is 21.2 Å². The number of anilines is 1. The number of hydrogen-bond donors (Lipinski definition) is 1. The summed E-state index contributed by atoms with van der Waals surface area (Å²) in [5, 5.41) is -0.136. The van der Waals surface area contributed by atoms with Gasteiger partial charge in [-0.1, -0.05) is 15.9 Å². The van der Waals surface area contributed by atoms with Gasteiger partial charge in [-0.2, -0.15) is 13.2 Å². The van der Waals surface area contributed by atoms with Crippen LogP contribution in [0.25, 0.3) is 0 Å². The van der Waals surface area contributed by atoms with E-state index in [-0.39, 0.29) is 5.69 Å². The van der Waals surface area contributed by atoms with Crippen molar-refractivity contribution in [2.45, 2.75) is 6.18 Å². The first-order valence-electron chi connectivity index (χ1n) is 4.78. The Labute approximate surface area is 95.4 Å². The van der Waals surface area contributed by atoms with E-state index in [0.717, 1.165) is 24.3 Å². The number of benzene rings is 1. The molecule has 0 atom stereocenters. The van der Waals surface area contributed by atoms with Gasteiger partial charge in [-0.05, 0) is 24.3 Å². The van der Waals surface area contributed by atoms with E-state index in [1.54, 1.807) is 0 Å². The molecule has 1 aromatic rings. The lowest BCUT2D eigenvalue weighted by molar-refractivity contribution is -0.137. The second-order valence-corrected chi connectivity index (χ2v) is 3.02. The number of nitrogens with one attached hydrogen (secondary N) is 1. The first-order chi connectivity index (χ1) is 7.60. The minimum absolute atomic E-state index is 0.0892. The van der Waals surface area contributed by atoms with Crippen molar-refractivity contribution in [2.75, 3.05) is 10.6 Å². The molecule has 0 fully saturated rings. The molecule has 1 amide bonds. The molecule has 0 heterocycles. The molecule has 0 saturated carbocycles. The maximum absolute atomic E-state index is 12.2. The molecule has 0 aliphatic carbocycles. The molecule has 0 unspecified atom stereocenters. The van der Waals surface area contributed by atoms with Crippen LogP contribution in [0.5, 0.6) is 0 Å². The predicted octanol–water partition coefficient (Wildman–Crippen LogP) is 3.04. The van der Waals surface area contributed by atoms with Crippen molar-refractivity contribution in [3.8, 4) is 0 Å². The summed E-state index contributed by atoms with van der Waals surface area (Å²) in [6.07, 6.45) is -4.44. The molecule has 6 heteroatoms. The summed E-state index contributed by atoms with van der Waals surface area (Å²) in [5.74, 6) is -0.989. The molecule has 2 nitrogen and oxygen atoms in total. The van der Waals surface area contributed by atoms with E-state index in [1.165, 1.54) is 0 Å². The van der Waals surface area contributed by atoms with Gasteiger partial charge in [0.15, 0.2) is 0 Å². The monoisotopic (exact) mass is 283 g/mol. The molecule has 0 saturated heterocycles. The Morgan fingerprint density at radius 2 is 1.93 bits per heavy atom. The molecule has 0 bridgehead atoms. The fourth-order valence-electron chi connectivity index (χ4n) is 0.897. The Morgan fingerprint density at radius 1 is 1.40 bits per heavy atom. The van der Waals surface area contributed by atoms with Crippen molar-refractivity contribution < 1.29 is 20.7 Å². The number of rotatable bonds is 2. The summed E-state index contributed by atoms with van der Waals surface area (Å²) >= 11 is 2.49. The van der Waals surface area contributed by atoms with Gasteiger partial charge >= 0.3 is 6.18 Å². The Bertz CT molecular complexity index is 414. The molecular formula is C9H7BrF3NO. The van der Waals surface area contributed by atoms with Crippen molar-refractivity contribution in [3.63, 3.8) is 0 Å². The number of alkyl halides is 4. The summed E-state index contributed by atoms with van der Waals surface area (Å²) in [5.41, 5.74) is -0.747. The van der Waals surface area contributed by atoms with Gasteiger partial charge in [-0.25, -0.2) is 0 Å². The highest BCUT2D eigenvalue weighted by Gasteiger charge is 2.29. The molecule has 1 aromatic carbocycles. The van der Waals surface area contributed by atoms with Crippen LogP contribution < -0.4 is 5.32 Å². The van der Waals surface area contributed by atoms with Crippen LogP contribution in [-0.4, -0.2) is 11.2 Å². The highest BCUT2D eigenvalue weighted by Crippen LogP contribution is 2.29. The highest BCUT2D eigenvalue weighted by atomic mass is 79.9. The zero-order chi connectivity index (χ0) is 13.3. The van der Waals surface area contributed by atoms with Gasteiger partial charge in [-0.15, -0.1) is 0 Å². The van der Waals surface area contributed by atoms with Crippen molar-refractivity contribution >= 4 is 27.5 Å². The van der Waals surface area contributed by atoms with E-state index >= 15 is 0 Å². The van der Waals surface area contributed by atoms with Gasteiger partial charge in [0.05, 0.1) is 10.8 Å². The summed E-state index contributed by atoms with van der Waals surface area (Å²) in [6.45, 7) is 0. The standard InChI is InChI=1S/C9H7BrF3NO/c10-5-8(15)14-7-3-1-6(2-4-7)9(11,12)13/h1-4H,5H2,(H,14,15)/i5D2. The van der Waals surface area contributed by atoms with Gasteiger partial charge in [-0.3, -0.25) is 4.79 Å². The normalized spacial score (nSPS) is 14.1. The number of halogens is 4. The Morgan fingerprint density at radius 3 is 2.33 bits per heavy atom. The van der Waals surface area contributed by atoms with Crippen LogP contribution in [-0.2, 0) is 11.0 Å². The molecule has 0 spiro atoms. The van der Waals surface area contributed by atoms with E-state index in [1.807, 2.05) is 0 Å². The highest BCUT2D eigenvalue weighted by molar-refractivity contribution is 9.09. The number of carbonyl (C=O) groups excluding carboxylic acids is 1. The lowest BCUT2D eigenvalue weighted by Crippen LogP contribution is -2.12. The lowest BCUT2D eigenvalue weighted by Gasteiger charge is -2.07. The van der Waals surface area contributed by atoms with Crippen LogP contribution in [0, 0.1) is 0 Å². The van der Waals surface area contributed by atoms with Crippen molar-refractivity contribution in [1.29, 1.82) is 0 Å². The van der Waals surface area contributed by atoms with E-state index in [9.17, 15) is 18.0 Å². The summed E-state index contributed by atoms with van der Waals surface area (Å²) in [4.78, 5) is 11.2. The Kier molecular flexibility index (Phi) is 2.86. The third-order valence-electron chi connectivity index (χ3n) is 1.56. The topological polar surface area (TPSA) is 29.1 Å². The SMILES string of the molecule is [2H]C([2H])(Br)C(=O)Nc1ccc(C(F)(F)F)cc1. The second-order valence-electron chi connectivity index (χ2n) is 2.62. The smallest absolute Gasteiger partial charge is 0.325 e. The number of amides is 1. The molecule has 0 aromatic heterocycles. The first kappa shape index (κ1) is 9.21. The molecular weight excluding hydrogens is 275 g/mol. The fraction of sp³-hybridized carbons (Fsp3) is 0.222. The van der Waals surface area contributed by atoms with Crippen LogP contribution >= 0.6 is 15.9 Å². The largest absolute Gasteiger partial charge is 0.416 e. The number of hydrogen-bond acceptors (Lipinski definition) is 1. The molecule has 1 N–H and O–H groups in total. The van der Waals surface area contributed by atoms with Crippen LogP contribution in [0.1, 0.15) is 8.30 Å². The van der Waals surface area contributed by atoms with Crippen molar-refractivity contribution in [1.82, 2.24) is 0 Å². The number of carbonyl (C=O) groups is 1. The maximum Gasteiger partial charge on any atom is 0.416 e. The Hall–Kier alpha value is -1.04. The lowest BCUT2D eigenvalue weighted by atomic mass is 10.2. The molecule has 0 aliphatic heterocycles. The summed E-state index contributed by atoms with van der Waals surface area (Å²) in [6, 6.07) is 3.72. The first-order valence-corrected chi connectivity index (χ1v) is 4.57. The maximum atomic E-state index is 12.2. The second kappa shape index (κ2) is 4.65. The third-order valence-corrected chi connectivity index (χ3v) is 1.92. The van der Waals surface area contributed by atoms with Crippen LogP contribution in [0.2, 0.25) is 0 Å². The van der Waals surface area contributed by atoms with Gasteiger partial charge in [0, 0.05) is 8.43 Å². The van der Waals surface area contributed by atoms with E-state index in [0.29, 0.717) is 0 Å². The van der Waals surface area contributed by atoms with E-state index < -0.39 is 22.9 Å². The molecule has 0 aliphatic rings. The average Bonchev–Trinajstić information content (AvgIpc) is 2.15. The van der Waals surface area contributed by atoms with Gasteiger partial charge in [0.2, 0.25) is 5.91 Å². The fourth-order valence-corrected chi connectivity index (χ4v) is 0.996. The third kappa shape index (κ3) is 3.54. The molecule has 1 rings (SSSR count). The van der Waals surface area contributed by atoms with Crippen LogP contribution in [0.15, 0.2) is 24.3 Å². The minimum Gasteiger partial charge on any atom is -0.325 e. The minimum atomic E-state index is -4.44. The van der Waals surface area contributed by atoms with E-state index in [4.69, 9.17) is 2.74 Å². The van der Waals surface area contributed by atoms with Crippen LogP contribution in [0.4, 0.5) is 18.9 Å². The quantitative estimate of drug-likeness (QED) is 0.831. The van der Waals surface area contributed by atoms with Crippen LogP contribution in [0.3, 0.4) is 0 Å². The van der Waals surface area contributed by atoms with Crippen molar-refractivity contribution in [3.05, 3.63) is 29.8 Å². The predicted molar refractivity (Wildman–Crippen MR) is 53.9 cm³/mol. The molecule has 0 radical (unpaired) electrons. The van der Waals surface area contributed by atoms with Gasteiger partial charge < -0.3 is 5.32 Å². The van der Waals surface area contributed by atoms with Gasteiger partial charge in [0.25, 0.3) is 0 Å². The summed E-state index contributed by atoms with van der Waals surface area (Å²) < 4.78 is 50.7. The Balaban J connectivity index is 2.80. The average molecular weight is 284 g/mol. The molecule has 15 heavy (non-hydrogen) atoms.